The Bertz CT molecular complexity index is 752. The first kappa shape index (κ1) is 18.2. The van der Waals surface area contributed by atoms with Gasteiger partial charge in [0.2, 0.25) is 0 Å². The van der Waals surface area contributed by atoms with Crippen molar-refractivity contribution >= 4 is 5.91 Å². The number of amides is 1. The summed E-state index contributed by atoms with van der Waals surface area (Å²) < 4.78 is 0. The fraction of sp³-hybridized carbons (Fsp3) is 0.524. The Morgan fingerprint density at radius 3 is 2.81 bits per heavy atom. The van der Waals surface area contributed by atoms with E-state index in [4.69, 9.17) is 0 Å². The highest BCUT2D eigenvalue weighted by atomic mass is 16.2. The predicted octanol–water partition coefficient (Wildman–Crippen LogP) is 2.18. The molecule has 1 aromatic carbocycles. The van der Waals surface area contributed by atoms with E-state index in [-0.39, 0.29) is 5.91 Å². The summed E-state index contributed by atoms with van der Waals surface area (Å²) in [7, 11) is 2.17. The van der Waals surface area contributed by atoms with Crippen LogP contribution in [0, 0.1) is 0 Å². The van der Waals surface area contributed by atoms with Gasteiger partial charge in [-0.1, -0.05) is 12.1 Å². The van der Waals surface area contributed by atoms with Crippen LogP contribution >= 0.6 is 0 Å². The van der Waals surface area contributed by atoms with Crippen molar-refractivity contribution in [3.63, 3.8) is 0 Å². The summed E-state index contributed by atoms with van der Waals surface area (Å²) in [4.78, 5) is 19.9. The molecule has 1 N–H and O–H groups in total. The van der Waals surface area contributed by atoms with Crippen molar-refractivity contribution in [3.8, 4) is 0 Å². The minimum absolute atomic E-state index is 0.152. The molecule has 6 heteroatoms. The first-order chi connectivity index (χ1) is 13.2. The number of rotatable bonds is 4. The van der Waals surface area contributed by atoms with Gasteiger partial charge in [0.15, 0.2) is 0 Å². The summed E-state index contributed by atoms with van der Waals surface area (Å²) in [6.07, 6.45) is 3.93. The third-order valence-corrected chi connectivity index (χ3v) is 5.85. The second kappa shape index (κ2) is 8.23. The molecule has 0 saturated carbocycles. The molecule has 3 heterocycles. The number of hydrogen-bond acceptors (Lipinski definition) is 4. The molecule has 144 valence electrons. The monoisotopic (exact) mass is 367 g/mol. The molecule has 0 radical (unpaired) electrons. The van der Waals surface area contributed by atoms with E-state index in [1.807, 2.05) is 23.1 Å². The number of H-pyrrole nitrogens is 1. The zero-order valence-electron chi connectivity index (χ0n) is 16.1. The SMILES string of the molecule is CN1CCN(Cc2cccc(C(=O)N3CCCC(c4ccn[nH]4)C3)c2)CC1. The molecule has 2 fully saturated rings. The molecule has 4 rings (SSSR count). The average Bonchev–Trinajstić information content (AvgIpc) is 3.24. The zero-order valence-corrected chi connectivity index (χ0v) is 16.1. The van der Waals surface area contributed by atoms with Gasteiger partial charge in [-0.25, -0.2) is 0 Å². The third kappa shape index (κ3) is 4.39. The number of hydrogen-bond donors (Lipinski definition) is 1. The van der Waals surface area contributed by atoms with E-state index >= 15 is 0 Å². The highest BCUT2D eigenvalue weighted by Gasteiger charge is 2.26. The summed E-state index contributed by atoms with van der Waals surface area (Å²) in [5.74, 6) is 0.512. The van der Waals surface area contributed by atoms with Crippen molar-refractivity contribution < 1.29 is 4.79 Å². The largest absolute Gasteiger partial charge is 0.338 e. The highest BCUT2D eigenvalue weighted by Crippen LogP contribution is 2.26. The number of aromatic amines is 1. The molecule has 1 amide bonds. The molecule has 2 aliphatic heterocycles. The van der Waals surface area contributed by atoms with Crippen molar-refractivity contribution in [1.29, 1.82) is 0 Å². The minimum Gasteiger partial charge on any atom is -0.338 e. The van der Waals surface area contributed by atoms with Crippen molar-refractivity contribution in [2.75, 3.05) is 46.3 Å². The normalized spacial score (nSPS) is 22.1. The van der Waals surface area contributed by atoms with Crippen molar-refractivity contribution in [2.24, 2.45) is 0 Å². The average molecular weight is 367 g/mol. The first-order valence-electron chi connectivity index (χ1n) is 9.97. The smallest absolute Gasteiger partial charge is 0.253 e. The van der Waals surface area contributed by atoms with Crippen LogP contribution in [0.3, 0.4) is 0 Å². The van der Waals surface area contributed by atoms with Crippen LogP contribution in [-0.4, -0.2) is 77.1 Å². The third-order valence-electron chi connectivity index (χ3n) is 5.85. The topological polar surface area (TPSA) is 55.5 Å². The lowest BCUT2D eigenvalue weighted by atomic mass is 9.94. The van der Waals surface area contributed by atoms with Crippen LogP contribution in [0.4, 0.5) is 0 Å². The van der Waals surface area contributed by atoms with Gasteiger partial charge < -0.3 is 9.80 Å². The Balaban J connectivity index is 1.41. The van der Waals surface area contributed by atoms with Crippen LogP contribution < -0.4 is 0 Å². The lowest BCUT2D eigenvalue weighted by Gasteiger charge is -2.33. The van der Waals surface area contributed by atoms with Crippen molar-refractivity contribution in [1.82, 2.24) is 24.9 Å². The molecule has 6 nitrogen and oxygen atoms in total. The summed E-state index contributed by atoms with van der Waals surface area (Å²) >= 11 is 0. The number of piperazine rings is 1. The summed E-state index contributed by atoms with van der Waals surface area (Å²) in [5, 5.41) is 7.13. The van der Waals surface area contributed by atoms with Gasteiger partial charge in [-0.3, -0.25) is 14.8 Å². The van der Waals surface area contributed by atoms with E-state index < -0.39 is 0 Å². The number of benzene rings is 1. The fourth-order valence-corrected chi connectivity index (χ4v) is 4.16. The molecule has 2 aromatic rings. The molecule has 27 heavy (non-hydrogen) atoms. The van der Waals surface area contributed by atoms with Crippen LogP contribution in [0.25, 0.3) is 0 Å². The van der Waals surface area contributed by atoms with E-state index in [1.165, 1.54) is 5.56 Å². The molecular weight excluding hydrogens is 338 g/mol. The van der Waals surface area contributed by atoms with Crippen LogP contribution in [0.1, 0.15) is 40.4 Å². The highest BCUT2D eigenvalue weighted by molar-refractivity contribution is 5.94. The molecular formula is C21H29N5O. The maximum atomic E-state index is 13.1. The number of nitrogens with zero attached hydrogens (tertiary/aromatic N) is 4. The van der Waals surface area contributed by atoms with Gasteiger partial charge in [-0.05, 0) is 43.7 Å². The Hall–Kier alpha value is -2.18. The summed E-state index contributed by atoms with van der Waals surface area (Å²) in [5.41, 5.74) is 3.18. The van der Waals surface area contributed by atoms with Crippen LogP contribution in [0.5, 0.6) is 0 Å². The Morgan fingerprint density at radius 2 is 2.04 bits per heavy atom. The lowest BCUT2D eigenvalue weighted by Crippen LogP contribution is -2.43. The summed E-state index contributed by atoms with van der Waals surface area (Å²) in [6.45, 7) is 6.93. The van der Waals surface area contributed by atoms with Crippen molar-refractivity contribution in [2.45, 2.75) is 25.3 Å². The number of likely N-dealkylation sites (N-methyl/N-ethyl adjacent to an activating group) is 1. The Kier molecular flexibility index (Phi) is 5.55. The van der Waals surface area contributed by atoms with Crippen LogP contribution in [0.15, 0.2) is 36.5 Å². The molecule has 2 aliphatic rings. The molecule has 0 aliphatic carbocycles. The van der Waals surface area contributed by atoms with Gasteiger partial charge in [0.25, 0.3) is 5.91 Å². The van der Waals surface area contributed by atoms with E-state index in [9.17, 15) is 4.79 Å². The quantitative estimate of drug-likeness (QED) is 0.900. The molecule has 1 aromatic heterocycles. The minimum atomic E-state index is 0.152. The van der Waals surface area contributed by atoms with Gasteiger partial charge in [0.1, 0.15) is 0 Å². The number of carbonyl (C=O) groups excluding carboxylic acids is 1. The maximum absolute atomic E-state index is 13.1. The number of aromatic nitrogens is 2. The second-order valence-electron chi connectivity index (χ2n) is 7.88. The van der Waals surface area contributed by atoms with Crippen molar-refractivity contribution in [3.05, 3.63) is 53.3 Å². The molecule has 1 unspecified atom stereocenters. The maximum Gasteiger partial charge on any atom is 0.253 e. The van der Waals surface area contributed by atoms with E-state index in [1.54, 1.807) is 6.20 Å². The molecule has 0 spiro atoms. The van der Waals surface area contributed by atoms with E-state index in [2.05, 4.69) is 39.2 Å². The fourth-order valence-electron chi connectivity index (χ4n) is 4.16. The van der Waals surface area contributed by atoms with Crippen LogP contribution in [0.2, 0.25) is 0 Å². The lowest BCUT2D eigenvalue weighted by molar-refractivity contribution is 0.0705. The Labute approximate surface area is 161 Å². The van der Waals surface area contributed by atoms with Gasteiger partial charge in [-0.15, -0.1) is 0 Å². The molecule has 0 bridgehead atoms. The standard InChI is InChI=1S/C21H29N5O/c1-24-10-12-25(13-11-24)15-17-4-2-5-18(14-17)21(27)26-9-3-6-19(16-26)20-7-8-22-23-20/h2,4-5,7-8,14,19H,3,6,9-13,15-16H2,1H3,(H,22,23). The summed E-state index contributed by atoms with van der Waals surface area (Å²) in [6, 6.07) is 10.2. The van der Waals surface area contributed by atoms with Gasteiger partial charge >= 0.3 is 0 Å². The number of nitrogens with one attached hydrogen (secondary N) is 1. The number of piperidine rings is 1. The van der Waals surface area contributed by atoms with Crippen LogP contribution in [-0.2, 0) is 6.54 Å². The second-order valence-corrected chi connectivity index (χ2v) is 7.88. The Morgan fingerprint density at radius 1 is 1.19 bits per heavy atom. The zero-order chi connectivity index (χ0) is 18.6. The number of carbonyl (C=O) groups is 1. The molecule has 1 atom stereocenters. The molecule has 2 saturated heterocycles. The van der Waals surface area contributed by atoms with E-state index in [0.29, 0.717) is 5.92 Å². The van der Waals surface area contributed by atoms with Gasteiger partial charge in [0, 0.05) is 69.2 Å². The first-order valence-corrected chi connectivity index (χ1v) is 9.97. The number of likely N-dealkylation sites (tertiary alicyclic amines) is 1. The van der Waals surface area contributed by atoms with Gasteiger partial charge in [0.05, 0.1) is 0 Å². The van der Waals surface area contributed by atoms with Gasteiger partial charge in [-0.2, -0.15) is 5.10 Å². The van der Waals surface area contributed by atoms with E-state index in [0.717, 1.165) is 69.9 Å². The predicted molar refractivity (Wildman–Crippen MR) is 106 cm³/mol.